The maximum atomic E-state index is 11.7. The minimum Gasteiger partial charge on any atom is -0.388 e. The molecule has 0 heterocycles. The Labute approximate surface area is 111 Å². The van der Waals surface area contributed by atoms with Crippen molar-refractivity contribution in [3.05, 3.63) is 0 Å². The molecular formula is C15H29NO2. The summed E-state index contributed by atoms with van der Waals surface area (Å²) in [6.45, 7) is 6.06. The van der Waals surface area contributed by atoms with E-state index in [9.17, 15) is 9.90 Å². The third-order valence-electron chi connectivity index (χ3n) is 4.38. The topological polar surface area (TPSA) is 49.3 Å². The lowest BCUT2D eigenvalue weighted by molar-refractivity contribution is -0.122. The fourth-order valence-corrected chi connectivity index (χ4v) is 2.42. The Kier molecular flexibility index (Phi) is 6.13. The summed E-state index contributed by atoms with van der Waals surface area (Å²) in [5.41, 5.74) is -0.804. The van der Waals surface area contributed by atoms with Crippen molar-refractivity contribution in [1.82, 2.24) is 5.32 Å². The summed E-state index contributed by atoms with van der Waals surface area (Å²) < 4.78 is 0. The van der Waals surface area contributed by atoms with Crippen molar-refractivity contribution in [3.8, 4) is 0 Å². The molecule has 1 aliphatic rings. The van der Waals surface area contributed by atoms with Crippen molar-refractivity contribution in [2.24, 2.45) is 11.8 Å². The highest BCUT2D eigenvalue weighted by Gasteiger charge is 2.25. The van der Waals surface area contributed by atoms with Crippen molar-refractivity contribution in [3.63, 3.8) is 0 Å². The van der Waals surface area contributed by atoms with Crippen LogP contribution in [0, 0.1) is 11.8 Å². The van der Waals surface area contributed by atoms with E-state index in [0.29, 0.717) is 13.0 Å². The molecule has 3 nitrogen and oxygen atoms in total. The van der Waals surface area contributed by atoms with Crippen LogP contribution in [0.1, 0.15) is 65.7 Å². The first-order chi connectivity index (χ1) is 8.42. The normalized spacial score (nSPS) is 20.1. The first-order valence-corrected chi connectivity index (χ1v) is 7.41. The SMILES string of the molecule is CC(C)C(C)(O)CNC(=O)CCCC1CCCC1. The lowest BCUT2D eigenvalue weighted by atomic mass is 9.92. The van der Waals surface area contributed by atoms with E-state index in [1.807, 2.05) is 13.8 Å². The van der Waals surface area contributed by atoms with Gasteiger partial charge in [0.1, 0.15) is 0 Å². The smallest absolute Gasteiger partial charge is 0.220 e. The third-order valence-corrected chi connectivity index (χ3v) is 4.38. The molecule has 0 aromatic rings. The highest BCUT2D eigenvalue weighted by molar-refractivity contribution is 5.75. The number of amides is 1. The van der Waals surface area contributed by atoms with Gasteiger partial charge in [0.2, 0.25) is 5.91 Å². The highest BCUT2D eigenvalue weighted by atomic mass is 16.3. The van der Waals surface area contributed by atoms with E-state index in [-0.39, 0.29) is 11.8 Å². The lowest BCUT2D eigenvalue weighted by Gasteiger charge is -2.27. The van der Waals surface area contributed by atoms with Gasteiger partial charge in [-0.05, 0) is 31.6 Å². The average molecular weight is 255 g/mol. The van der Waals surface area contributed by atoms with Crippen LogP contribution in [0.2, 0.25) is 0 Å². The molecule has 1 fully saturated rings. The average Bonchev–Trinajstić information content (AvgIpc) is 2.79. The Morgan fingerprint density at radius 2 is 2.00 bits per heavy atom. The summed E-state index contributed by atoms with van der Waals surface area (Å²) in [6, 6.07) is 0. The molecule has 18 heavy (non-hydrogen) atoms. The molecule has 1 rings (SSSR count). The Morgan fingerprint density at radius 1 is 1.39 bits per heavy atom. The van der Waals surface area contributed by atoms with E-state index in [0.717, 1.165) is 12.3 Å². The summed E-state index contributed by atoms with van der Waals surface area (Å²) in [4.78, 5) is 11.7. The second-order valence-electron chi connectivity index (χ2n) is 6.33. The van der Waals surface area contributed by atoms with E-state index in [1.54, 1.807) is 6.92 Å². The number of carbonyl (C=O) groups excluding carboxylic acids is 1. The summed E-state index contributed by atoms with van der Waals surface area (Å²) in [7, 11) is 0. The second kappa shape index (κ2) is 7.13. The summed E-state index contributed by atoms with van der Waals surface area (Å²) in [5, 5.41) is 12.9. The quantitative estimate of drug-likeness (QED) is 0.735. The van der Waals surface area contributed by atoms with Crippen LogP contribution in [0.4, 0.5) is 0 Å². The predicted molar refractivity (Wildman–Crippen MR) is 74.3 cm³/mol. The monoisotopic (exact) mass is 255 g/mol. The summed E-state index contributed by atoms with van der Waals surface area (Å²) in [6.07, 6.45) is 8.22. The number of nitrogens with one attached hydrogen (secondary N) is 1. The number of hydrogen-bond donors (Lipinski definition) is 2. The van der Waals surface area contributed by atoms with Crippen LogP contribution in [-0.4, -0.2) is 23.2 Å². The van der Waals surface area contributed by atoms with Crippen LogP contribution in [0.5, 0.6) is 0 Å². The Bertz CT molecular complexity index is 255. The molecule has 2 N–H and O–H groups in total. The van der Waals surface area contributed by atoms with E-state index in [2.05, 4.69) is 5.32 Å². The zero-order valence-corrected chi connectivity index (χ0v) is 12.2. The van der Waals surface area contributed by atoms with Crippen molar-refractivity contribution >= 4 is 5.91 Å². The van der Waals surface area contributed by atoms with Crippen molar-refractivity contribution in [2.45, 2.75) is 71.3 Å². The van der Waals surface area contributed by atoms with Gasteiger partial charge in [-0.2, -0.15) is 0 Å². The molecule has 106 valence electrons. The fourth-order valence-electron chi connectivity index (χ4n) is 2.42. The predicted octanol–water partition coefficient (Wildman–Crippen LogP) is 2.87. The molecule has 1 saturated carbocycles. The Balaban J connectivity index is 2.10. The van der Waals surface area contributed by atoms with Crippen LogP contribution in [0.3, 0.4) is 0 Å². The van der Waals surface area contributed by atoms with Gasteiger partial charge >= 0.3 is 0 Å². The lowest BCUT2D eigenvalue weighted by Crippen LogP contribution is -2.44. The molecule has 0 saturated heterocycles. The van der Waals surface area contributed by atoms with E-state index >= 15 is 0 Å². The van der Waals surface area contributed by atoms with Gasteiger partial charge in [-0.3, -0.25) is 4.79 Å². The number of carbonyl (C=O) groups is 1. The third kappa shape index (κ3) is 5.38. The largest absolute Gasteiger partial charge is 0.388 e. The van der Waals surface area contributed by atoms with Gasteiger partial charge in [0.05, 0.1) is 5.60 Å². The standard InChI is InChI=1S/C15H29NO2/c1-12(2)15(3,18)11-16-14(17)10-6-9-13-7-4-5-8-13/h12-13,18H,4-11H2,1-3H3,(H,16,17). The number of aliphatic hydroxyl groups is 1. The van der Waals surface area contributed by atoms with Crippen LogP contribution in [-0.2, 0) is 4.79 Å². The molecule has 1 unspecified atom stereocenters. The number of hydrogen-bond acceptors (Lipinski definition) is 2. The first kappa shape index (κ1) is 15.5. The van der Waals surface area contributed by atoms with Crippen LogP contribution < -0.4 is 5.32 Å². The summed E-state index contributed by atoms with van der Waals surface area (Å²) in [5.74, 6) is 1.08. The molecule has 1 aliphatic carbocycles. The van der Waals surface area contributed by atoms with Gasteiger partial charge < -0.3 is 10.4 Å². The van der Waals surface area contributed by atoms with E-state index in [4.69, 9.17) is 0 Å². The number of rotatable bonds is 7. The second-order valence-corrected chi connectivity index (χ2v) is 6.33. The summed E-state index contributed by atoms with van der Waals surface area (Å²) >= 11 is 0. The highest BCUT2D eigenvalue weighted by Crippen LogP contribution is 2.28. The molecule has 1 amide bonds. The van der Waals surface area contributed by atoms with Crippen molar-refractivity contribution < 1.29 is 9.90 Å². The van der Waals surface area contributed by atoms with Crippen molar-refractivity contribution in [1.29, 1.82) is 0 Å². The fraction of sp³-hybridized carbons (Fsp3) is 0.933. The molecule has 1 atom stereocenters. The van der Waals surface area contributed by atoms with Crippen LogP contribution >= 0.6 is 0 Å². The van der Waals surface area contributed by atoms with Gasteiger partial charge in [-0.1, -0.05) is 39.5 Å². The molecule has 0 spiro atoms. The van der Waals surface area contributed by atoms with E-state index in [1.165, 1.54) is 32.1 Å². The minimum absolute atomic E-state index is 0.0777. The Morgan fingerprint density at radius 3 is 2.56 bits per heavy atom. The first-order valence-electron chi connectivity index (χ1n) is 7.41. The van der Waals surface area contributed by atoms with Gasteiger partial charge in [-0.25, -0.2) is 0 Å². The maximum Gasteiger partial charge on any atom is 0.220 e. The van der Waals surface area contributed by atoms with Crippen LogP contribution in [0.15, 0.2) is 0 Å². The molecule has 0 radical (unpaired) electrons. The minimum atomic E-state index is -0.804. The van der Waals surface area contributed by atoms with Gasteiger partial charge in [-0.15, -0.1) is 0 Å². The zero-order valence-electron chi connectivity index (χ0n) is 12.2. The Hall–Kier alpha value is -0.570. The van der Waals surface area contributed by atoms with Gasteiger partial charge in [0, 0.05) is 13.0 Å². The molecular weight excluding hydrogens is 226 g/mol. The van der Waals surface area contributed by atoms with Crippen molar-refractivity contribution in [2.75, 3.05) is 6.54 Å². The van der Waals surface area contributed by atoms with Gasteiger partial charge in [0.15, 0.2) is 0 Å². The zero-order chi connectivity index (χ0) is 13.6. The molecule has 0 bridgehead atoms. The molecule has 0 aromatic heterocycles. The maximum absolute atomic E-state index is 11.7. The van der Waals surface area contributed by atoms with E-state index < -0.39 is 5.60 Å². The van der Waals surface area contributed by atoms with Crippen LogP contribution in [0.25, 0.3) is 0 Å². The van der Waals surface area contributed by atoms with Gasteiger partial charge in [0.25, 0.3) is 0 Å². The molecule has 0 aliphatic heterocycles. The molecule has 3 heteroatoms. The molecule has 0 aromatic carbocycles.